The maximum Gasteiger partial charge on any atom is 0.262 e. The topological polar surface area (TPSA) is 92.3 Å². The molecule has 0 radical (unpaired) electrons. The highest BCUT2D eigenvalue weighted by Crippen LogP contribution is 2.25. The number of nitrogens with zero attached hydrogens (tertiary/aromatic N) is 3. The van der Waals surface area contributed by atoms with Crippen LogP contribution < -0.4 is 5.32 Å². The van der Waals surface area contributed by atoms with E-state index in [4.69, 9.17) is 0 Å². The van der Waals surface area contributed by atoms with Gasteiger partial charge in [-0.2, -0.15) is 0 Å². The van der Waals surface area contributed by atoms with Crippen molar-refractivity contribution < 1.29 is 14.4 Å². The van der Waals surface area contributed by atoms with E-state index in [1.54, 1.807) is 24.3 Å². The minimum atomic E-state index is -0.940. The first kappa shape index (κ1) is 17.2. The zero-order valence-electron chi connectivity index (χ0n) is 14.1. The van der Waals surface area contributed by atoms with Gasteiger partial charge in [0.05, 0.1) is 11.1 Å². The number of hydrogen-bond acceptors (Lipinski definition) is 6. The number of anilines is 1. The summed E-state index contributed by atoms with van der Waals surface area (Å²) in [4.78, 5) is 38.3. The highest BCUT2D eigenvalue weighted by Gasteiger charge is 2.40. The molecule has 25 heavy (non-hydrogen) atoms. The Morgan fingerprint density at radius 3 is 2.28 bits per heavy atom. The lowest BCUT2D eigenvalue weighted by Gasteiger charge is -2.20. The standard InChI is InChI=1S/C17H18N4O3S/c1-9(2)8-13-19-20-17(25-13)18-14(22)10(3)21-15(23)11-6-4-5-7-12(11)16(21)24/h4-7,9-10H,8H2,1-3H3,(H,18,20,22). The first-order valence-electron chi connectivity index (χ1n) is 7.98. The third-order valence-electron chi connectivity index (χ3n) is 3.87. The number of aromatic nitrogens is 2. The highest BCUT2D eigenvalue weighted by atomic mass is 32.1. The number of fused-ring (bicyclic) bond motifs is 1. The molecule has 8 heteroatoms. The van der Waals surface area contributed by atoms with E-state index in [2.05, 4.69) is 29.4 Å². The van der Waals surface area contributed by atoms with Gasteiger partial charge in [-0.1, -0.05) is 37.3 Å². The number of benzene rings is 1. The van der Waals surface area contributed by atoms with Crippen LogP contribution in [0, 0.1) is 5.92 Å². The Kier molecular flexibility index (Phi) is 4.63. The number of carbonyl (C=O) groups is 3. The van der Waals surface area contributed by atoms with Crippen LogP contribution in [0.5, 0.6) is 0 Å². The monoisotopic (exact) mass is 358 g/mol. The molecule has 3 rings (SSSR count). The molecule has 1 N–H and O–H groups in total. The lowest BCUT2D eigenvalue weighted by atomic mass is 10.1. The van der Waals surface area contributed by atoms with Gasteiger partial charge in [-0.05, 0) is 25.0 Å². The molecular formula is C17H18N4O3S. The number of imide groups is 1. The molecular weight excluding hydrogens is 340 g/mol. The van der Waals surface area contributed by atoms with Crippen LogP contribution in [0.15, 0.2) is 24.3 Å². The summed E-state index contributed by atoms with van der Waals surface area (Å²) in [5.41, 5.74) is 0.643. The average Bonchev–Trinajstić information content (AvgIpc) is 3.10. The number of amides is 3. The lowest BCUT2D eigenvalue weighted by molar-refractivity contribution is -0.119. The summed E-state index contributed by atoms with van der Waals surface area (Å²) in [6.07, 6.45) is 0.779. The summed E-state index contributed by atoms with van der Waals surface area (Å²) in [5.74, 6) is -0.947. The molecule has 0 aliphatic carbocycles. The van der Waals surface area contributed by atoms with E-state index in [0.717, 1.165) is 16.3 Å². The van der Waals surface area contributed by atoms with Gasteiger partial charge in [-0.25, -0.2) is 0 Å². The van der Waals surface area contributed by atoms with Crippen LogP contribution in [0.1, 0.15) is 46.5 Å². The summed E-state index contributed by atoms with van der Waals surface area (Å²) < 4.78 is 0. The Bertz CT molecular complexity index is 811. The molecule has 0 saturated heterocycles. The van der Waals surface area contributed by atoms with Gasteiger partial charge in [0.1, 0.15) is 11.0 Å². The van der Waals surface area contributed by atoms with Crippen LogP contribution in [0.2, 0.25) is 0 Å². The van der Waals surface area contributed by atoms with Crippen molar-refractivity contribution in [1.82, 2.24) is 15.1 Å². The zero-order chi connectivity index (χ0) is 18.1. The van der Waals surface area contributed by atoms with Crippen molar-refractivity contribution in [3.8, 4) is 0 Å². The Hall–Kier alpha value is -2.61. The Balaban J connectivity index is 1.72. The van der Waals surface area contributed by atoms with E-state index in [9.17, 15) is 14.4 Å². The normalized spacial score (nSPS) is 14.8. The Morgan fingerprint density at radius 1 is 1.12 bits per heavy atom. The summed E-state index contributed by atoms with van der Waals surface area (Å²) in [7, 11) is 0. The van der Waals surface area contributed by atoms with Crippen LogP contribution in [0.3, 0.4) is 0 Å². The fourth-order valence-electron chi connectivity index (χ4n) is 2.62. The molecule has 7 nitrogen and oxygen atoms in total. The smallest absolute Gasteiger partial charge is 0.262 e. The molecule has 1 aromatic carbocycles. The van der Waals surface area contributed by atoms with E-state index in [0.29, 0.717) is 22.2 Å². The molecule has 1 aromatic heterocycles. The molecule has 0 saturated carbocycles. The van der Waals surface area contributed by atoms with Gasteiger partial charge in [0.25, 0.3) is 11.8 Å². The van der Waals surface area contributed by atoms with Crippen molar-refractivity contribution in [2.24, 2.45) is 5.92 Å². The molecule has 1 aliphatic heterocycles. The van der Waals surface area contributed by atoms with Crippen molar-refractivity contribution in [3.05, 3.63) is 40.4 Å². The summed E-state index contributed by atoms with van der Waals surface area (Å²) >= 11 is 1.30. The molecule has 1 aliphatic rings. The molecule has 1 unspecified atom stereocenters. The van der Waals surface area contributed by atoms with Gasteiger partial charge in [-0.3, -0.25) is 24.6 Å². The SMILES string of the molecule is CC(C)Cc1nnc(NC(=O)C(C)N2C(=O)c3ccccc3C2=O)s1. The van der Waals surface area contributed by atoms with Crippen LogP contribution in [0.25, 0.3) is 0 Å². The van der Waals surface area contributed by atoms with Crippen LogP contribution in [0.4, 0.5) is 5.13 Å². The quantitative estimate of drug-likeness (QED) is 0.828. The van der Waals surface area contributed by atoms with E-state index in [1.165, 1.54) is 18.3 Å². The molecule has 3 amide bonds. The van der Waals surface area contributed by atoms with E-state index in [1.807, 2.05) is 0 Å². The van der Waals surface area contributed by atoms with Crippen molar-refractivity contribution >= 4 is 34.2 Å². The fraction of sp³-hybridized carbons (Fsp3) is 0.353. The number of rotatable bonds is 5. The van der Waals surface area contributed by atoms with Gasteiger partial charge in [0.2, 0.25) is 11.0 Å². The van der Waals surface area contributed by atoms with Gasteiger partial charge in [-0.15, -0.1) is 10.2 Å². The van der Waals surface area contributed by atoms with Gasteiger partial charge < -0.3 is 0 Å². The van der Waals surface area contributed by atoms with Crippen LogP contribution in [-0.2, 0) is 11.2 Å². The summed E-state index contributed by atoms with van der Waals surface area (Å²) in [6, 6.07) is 5.61. The van der Waals surface area contributed by atoms with E-state index >= 15 is 0 Å². The highest BCUT2D eigenvalue weighted by molar-refractivity contribution is 7.15. The van der Waals surface area contributed by atoms with Gasteiger partial charge in [0, 0.05) is 6.42 Å². The number of carbonyl (C=O) groups excluding carboxylic acids is 3. The number of hydrogen-bond donors (Lipinski definition) is 1. The van der Waals surface area contributed by atoms with Crippen molar-refractivity contribution in [3.63, 3.8) is 0 Å². The first-order chi connectivity index (χ1) is 11.9. The minimum Gasteiger partial charge on any atom is -0.299 e. The second-order valence-electron chi connectivity index (χ2n) is 6.29. The third kappa shape index (κ3) is 3.30. The third-order valence-corrected chi connectivity index (χ3v) is 4.73. The van der Waals surface area contributed by atoms with Crippen LogP contribution >= 0.6 is 11.3 Å². The van der Waals surface area contributed by atoms with Crippen molar-refractivity contribution in [1.29, 1.82) is 0 Å². The maximum absolute atomic E-state index is 12.5. The minimum absolute atomic E-state index is 0.322. The molecule has 2 heterocycles. The lowest BCUT2D eigenvalue weighted by Crippen LogP contribution is -2.45. The maximum atomic E-state index is 12.5. The van der Waals surface area contributed by atoms with E-state index in [-0.39, 0.29) is 0 Å². The van der Waals surface area contributed by atoms with Crippen LogP contribution in [-0.4, -0.2) is 38.9 Å². The summed E-state index contributed by atoms with van der Waals surface area (Å²) in [6.45, 7) is 5.67. The second kappa shape index (κ2) is 6.72. The predicted molar refractivity (Wildman–Crippen MR) is 93.5 cm³/mol. The van der Waals surface area contributed by atoms with Gasteiger partial charge in [0.15, 0.2) is 0 Å². The average molecular weight is 358 g/mol. The molecule has 0 spiro atoms. The molecule has 2 aromatic rings. The predicted octanol–water partition coefficient (Wildman–Crippen LogP) is 2.36. The van der Waals surface area contributed by atoms with Gasteiger partial charge >= 0.3 is 0 Å². The number of nitrogens with one attached hydrogen (secondary N) is 1. The largest absolute Gasteiger partial charge is 0.299 e. The Labute approximate surface area is 149 Å². The fourth-order valence-corrected chi connectivity index (χ4v) is 3.58. The molecule has 130 valence electrons. The van der Waals surface area contributed by atoms with Crippen molar-refractivity contribution in [2.75, 3.05) is 5.32 Å². The Morgan fingerprint density at radius 2 is 1.72 bits per heavy atom. The first-order valence-corrected chi connectivity index (χ1v) is 8.80. The molecule has 1 atom stereocenters. The molecule has 0 bridgehead atoms. The summed E-state index contributed by atoms with van der Waals surface area (Å²) in [5, 5.41) is 11.8. The molecule has 0 fully saturated rings. The second-order valence-corrected chi connectivity index (χ2v) is 7.35. The van der Waals surface area contributed by atoms with Crippen molar-refractivity contribution in [2.45, 2.75) is 33.2 Å². The zero-order valence-corrected chi connectivity index (χ0v) is 15.0. The van der Waals surface area contributed by atoms with E-state index < -0.39 is 23.8 Å².